The molecule has 0 aromatic rings. The molecule has 6 nitrogen and oxygen atoms in total. The number of allylic oxidation sites excluding steroid dienone is 24. The number of esters is 3. The van der Waals surface area contributed by atoms with Crippen LogP contribution in [0.25, 0.3) is 0 Å². The van der Waals surface area contributed by atoms with Crippen molar-refractivity contribution in [3.8, 4) is 0 Å². The standard InChI is InChI=1S/C76H124O6/c1-4-7-10-13-16-19-22-24-26-28-30-31-32-33-34-35-36-37-38-39-40-41-42-43-44-45-47-48-50-52-54-57-60-63-66-69-75(78)81-72-73(71-80-74(77)68-65-62-59-56-21-18-15-12-9-6-3)82-76(79)70-67-64-61-58-55-53-51-49-46-29-27-25-23-20-17-14-11-8-5-2/h7-8,10-12,15-17,19-20,24-27,30-31,33-34,46,49,53,55,61,64,73H,4-6,9,13-14,18,21-23,28-29,32,35-45,47-48,50-52,54,56-60,62-63,65-72H2,1-3H3/b10-7-,11-8-,15-12-,19-16-,20-17-,26-24-,27-25-,31-30-,34-33-,49-46-,55-53-,64-61-. The Bertz CT molecular complexity index is 1780. The van der Waals surface area contributed by atoms with Gasteiger partial charge in [-0.05, 0) is 122 Å². The van der Waals surface area contributed by atoms with E-state index in [1.807, 2.05) is 6.08 Å². The predicted molar refractivity (Wildman–Crippen MR) is 357 cm³/mol. The molecule has 0 aliphatic heterocycles. The van der Waals surface area contributed by atoms with Gasteiger partial charge in [0.2, 0.25) is 0 Å². The highest BCUT2D eigenvalue weighted by Crippen LogP contribution is 2.16. The van der Waals surface area contributed by atoms with Gasteiger partial charge in [-0.3, -0.25) is 14.4 Å². The molecule has 0 saturated heterocycles. The second-order valence-electron chi connectivity index (χ2n) is 22.0. The van der Waals surface area contributed by atoms with Crippen molar-refractivity contribution in [1.29, 1.82) is 0 Å². The average molecular weight is 1130 g/mol. The topological polar surface area (TPSA) is 78.9 Å². The summed E-state index contributed by atoms with van der Waals surface area (Å²) in [6.45, 7) is 6.29. The number of carbonyl (C=O) groups is 3. The molecular weight excluding hydrogens is 1010 g/mol. The number of ether oxygens (including phenoxy) is 3. The Morgan fingerprint density at radius 1 is 0.256 bits per heavy atom. The quantitative estimate of drug-likeness (QED) is 0.0261. The summed E-state index contributed by atoms with van der Waals surface area (Å²) < 4.78 is 16.8. The lowest BCUT2D eigenvalue weighted by molar-refractivity contribution is -0.166. The van der Waals surface area contributed by atoms with E-state index in [1.54, 1.807) is 0 Å². The molecular formula is C76H124O6. The third-order valence-corrected chi connectivity index (χ3v) is 14.1. The number of hydrogen-bond acceptors (Lipinski definition) is 6. The molecule has 0 amide bonds. The lowest BCUT2D eigenvalue weighted by Gasteiger charge is -2.18. The first kappa shape index (κ1) is 77.3. The van der Waals surface area contributed by atoms with Crippen molar-refractivity contribution in [2.45, 2.75) is 303 Å². The largest absolute Gasteiger partial charge is 0.462 e. The summed E-state index contributed by atoms with van der Waals surface area (Å²) in [7, 11) is 0. The average Bonchev–Trinajstić information content (AvgIpc) is 3.48. The number of unbranched alkanes of at least 4 members (excludes halogenated alkanes) is 25. The SMILES string of the molecule is CC/C=C\C/C=C\C/C=C\C/C=C\C/C=C\C/C=C\CCC(=O)OC(COC(=O)CCCCCCC/C=C\CCC)COC(=O)CCCCCCCCCCCCCCCCCCCCC/C=C\C/C=C\C/C=C\C/C=C\C/C=C\CC. The van der Waals surface area contributed by atoms with E-state index < -0.39 is 12.1 Å². The van der Waals surface area contributed by atoms with Crippen LogP contribution in [0.3, 0.4) is 0 Å². The maximum absolute atomic E-state index is 12.8. The molecule has 0 aliphatic rings. The van der Waals surface area contributed by atoms with Crippen LogP contribution < -0.4 is 0 Å². The van der Waals surface area contributed by atoms with Gasteiger partial charge in [-0.15, -0.1) is 0 Å². The fourth-order valence-corrected chi connectivity index (χ4v) is 9.09. The van der Waals surface area contributed by atoms with Gasteiger partial charge in [-0.25, -0.2) is 0 Å². The Balaban J connectivity index is 4.18. The Labute approximate surface area is 506 Å². The van der Waals surface area contributed by atoms with Crippen LogP contribution in [0.15, 0.2) is 146 Å². The van der Waals surface area contributed by atoms with Crippen molar-refractivity contribution < 1.29 is 28.6 Å². The van der Waals surface area contributed by atoms with Crippen molar-refractivity contribution in [3.63, 3.8) is 0 Å². The smallest absolute Gasteiger partial charge is 0.306 e. The van der Waals surface area contributed by atoms with Gasteiger partial charge in [0.15, 0.2) is 6.10 Å². The fraction of sp³-hybridized carbons (Fsp3) is 0.645. The van der Waals surface area contributed by atoms with Crippen LogP contribution in [0.4, 0.5) is 0 Å². The van der Waals surface area contributed by atoms with Crippen molar-refractivity contribution in [3.05, 3.63) is 146 Å². The van der Waals surface area contributed by atoms with E-state index in [9.17, 15) is 14.4 Å². The van der Waals surface area contributed by atoms with E-state index in [1.165, 1.54) is 122 Å². The third kappa shape index (κ3) is 66.1. The van der Waals surface area contributed by atoms with Crippen LogP contribution in [0.1, 0.15) is 297 Å². The Morgan fingerprint density at radius 2 is 0.500 bits per heavy atom. The Kier molecular flexibility index (Phi) is 64.8. The lowest BCUT2D eigenvalue weighted by Crippen LogP contribution is -2.30. The lowest BCUT2D eigenvalue weighted by atomic mass is 10.0. The fourth-order valence-electron chi connectivity index (χ4n) is 9.09. The summed E-state index contributed by atoms with van der Waals surface area (Å²) in [6.07, 6.45) is 99.1. The molecule has 0 heterocycles. The zero-order valence-electron chi connectivity index (χ0n) is 53.2. The molecule has 464 valence electrons. The van der Waals surface area contributed by atoms with E-state index in [0.717, 1.165) is 128 Å². The van der Waals surface area contributed by atoms with Gasteiger partial charge in [0.05, 0.1) is 0 Å². The van der Waals surface area contributed by atoms with E-state index >= 15 is 0 Å². The minimum Gasteiger partial charge on any atom is -0.462 e. The minimum atomic E-state index is -0.825. The van der Waals surface area contributed by atoms with Crippen LogP contribution in [0, 0.1) is 0 Å². The van der Waals surface area contributed by atoms with Gasteiger partial charge in [-0.1, -0.05) is 301 Å². The number of carbonyl (C=O) groups excluding carboxylic acids is 3. The highest BCUT2D eigenvalue weighted by molar-refractivity contribution is 5.71. The van der Waals surface area contributed by atoms with Crippen LogP contribution in [0.5, 0.6) is 0 Å². The van der Waals surface area contributed by atoms with Crippen LogP contribution in [-0.2, 0) is 28.6 Å². The number of rotatable bonds is 60. The molecule has 0 radical (unpaired) electrons. The third-order valence-electron chi connectivity index (χ3n) is 14.1. The summed E-state index contributed by atoms with van der Waals surface area (Å²) in [5.74, 6) is -1.01. The zero-order chi connectivity index (χ0) is 59.2. The molecule has 0 fully saturated rings. The van der Waals surface area contributed by atoms with Crippen molar-refractivity contribution in [2.24, 2.45) is 0 Å². The van der Waals surface area contributed by atoms with Crippen molar-refractivity contribution >= 4 is 17.9 Å². The van der Waals surface area contributed by atoms with Gasteiger partial charge >= 0.3 is 17.9 Å². The molecule has 0 saturated carbocycles. The first-order valence-corrected chi connectivity index (χ1v) is 33.8. The monoisotopic (exact) mass is 1130 g/mol. The first-order chi connectivity index (χ1) is 40.5. The van der Waals surface area contributed by atoms with Crippen LogP contribution >= 0.6 is 0 Å². The van der Waals surface area contributed by atoms with Crippen molar-refractivity contribution in [2.75, 3.05) is 13.2 Å². The molecule has 6 heteroatoms. The number of hydrogen-bond donors (Lipinski definition) is 0. The van der Waals surface area contributed by atoms with Gasteiger partial charge in [0.1, 0.15) is 13.2 Å². The summed E-state index contributed by atoms with van der Waals surface area (Å²) in [5.41, 5.74) is 0. The molecule has 0 aromatic carbocycles. The first-order valence-electron chi connectivity index (χ1n) is 33.8. The normalized spacial score (nSPS) is 13.1. The van der Waals surface area contributed by atoms with E-state index in [2.05, 4.69) is 161 Å². The summed E-state index contributed by atoms with van der Waals surface area (Å²) in [5, 5.41) is 0. The second-order valence-corrected chi connectivity index (χ2v) is 22.0. The summed E-state index contributed by atoms with van der Waals surface area (Å²) in [4.78, 5) is 38.2. The molecule has 82 heavy (non-hydrogen) atoms. The molecule has 0 rings (SSSR count). The molecule has 1 atom stereocenters. The predicted octanol–water partition coefficient (Wildman–Crippen LogP) is 23.5. The van der Waals surface area contributed by atoms with Gasteiger partial charge < -0.3 is 14.2 Å². The Hall–Kier alpha value is -4.71. The second kappa shape index (κ2) is 68.8. The molecule has 0 bridgehead atoms. The maximum atomic E-state index is 12.8. The molecule has 0 spiro atoms. The van der Waals surface area contributed by atoms with E-state index in [4.69, 9.17) is 14.2 Å². The van der Waals surface area contributed by atoms with Crippen LogP contribution in [0.2, 0.25) is 0 Å². The van der Waals surface area contributed by atoms with Gasteiger partial charge in [-0.2, -0.15) is 0 Å². The summed E-state index contributed by atoms with van der Waals surface area (Å²) in [6, 6.07) is 0. The van der Waals surface area contributed by atoms with Crippen molar-refractivity contribution in [1.82, 2.24) is 0 Å². The van der Waals surface area contributed by atoms with E-state index in [-0.39, 0.29) is 31.6 Å². The molecule has 1 unspecified atom stereocenters. The van der Waals surface area contributed by atoms with Crippen LogP contribution in [-0.4, -0.2) is 37.2 Å². The van der Waals surface area contributed by atoms with Gasteiger partial charge in [0, 0.05) is 19.3 Å². The van der Waals surface area contributed by atoms with Gasteiger partial charge in [0.25, 0.3) is 0 Å². The summed E-state index contributed by atoms with van der Waals surface area (Å²) >= 11 is 0. The van der Waals surface area contributed by atoms with E-state index in [0.29, 0.717) is 19.3 Å². The molecule has 0 aromatic heterocycles. The molecule has 0 aliphatic carbocycles. The Morgan fingerprint density at radius 3 is 0.805 bits per heavy atom. The highest BCUT2D eigenvalue weighted by atomic mass is 16.6. The zero-order valence-corrected chi connectivity index (χ0v) is 53.2. The molecule has 0 N–H and O–H groups in total. The maximum Gasteiger partial charge on any atom is 0.306 e. The minimum absolute atomic E-state index is 0.112. The highest BCUT2D eigenvalue weighted by Gasteiger charge is 2.19.